The average Bonchev–Trinajstić information content (AvgIpc) is 2.37. The Bertz CT molecular complexity index is 574. The van der Waals surface area contributed by atoms with Crippen LogP contribution < -0.4 is 5.73 Å². The summed E-state index contributed by atoms with van der Waals surface area (Å²) in [4.78, 5) is 0.0329. The lowest BCUT2D eigenvalue weighted by Gasteiger charge is -2.24. The molecule has 0 aliphatic heterocycles. The molecule has 0 aliphatic rings. The Kier molecular flexibility index (Phi) is 5.16. The van der Waals surface area contributed by atoms with E-state index in [0.717, 1.165) is 4.31 Å². The Morgan fingerprint density at radius 2 is 2.11 bits per heavy atom. The number of rotatable bonds is 5. The van der Waals surface area contributed by atoms with Crippen molar-refractivity contribution in [2.75, 3.05) is 7.05 Å². The van der Waals surface area contributed by atoms with Gasteiger partial charge in [0, 0.05) is 19.5 Å². The first-order chi connectivity index (χ1) is 8.80. The highest BCUT2D eigenvalue weighted by Gasteiger charge is 2.27. The Hall–Kier alpha value is -1.31. The van der Waals surface area contributed by atoms with E-state index in [1.165, 1.54) is 19.2 Å². The maximum atomic E-state index is 12.4. The summed E-state index contributed by atoms with van der Waals surface area (Å²) in [5.41, 5.74) is 5.38. The number of amidine groups is 1. The lowest BCUT2D eigenvalue weighted by atomic mass is 10.2. The molecule has 1 aromatic rings. The van der Waals surface area contributed by atoms with Crippen LogP contribution >= 0.6 is 11.6 Å². The zero-order valence-corrected chi connectivity index (χ0v) is 12.2. The van der Waals surface area contributed by atoms with Crippen LogP contribution in [0.5, 0.6) is 0 Å². The van der Waals surface area contributed by atoms with Crippen LogP contribution in [0.25, 0.3) is 0 Å². The number of nitrogens with two attached hydrogens (primary N) is 1. The van der Waals surface area contributed by atoms with E-state index in [9.17, 15) is 8.42 Å². The number of sulfonamides is 1. The fourth-order valence-corrected chi connectivity index (χ4v) is 3.37. The van der Waals surface area contributed by atoms with Crippen molar-refractivity contribution in [2.45, 2.75) is 24.3 Å². The van der Waals surface area contributed by atoms with Crippen molar-refractivity contribution in [1.29, 1.82) is 0 Å². The molecule has 0 aromatic heterocycles. The first-order valence-electron chi connectivity index (χ1n) is 5.49. The molecule has 0 aliphatic carbocycles. The summed E-state index contributed by atoms with van der Waals surface area (Å²) in [6, 6.07) is 5.74. The van der Waals surface area contributed by atoms with Gasteiger partial charge in [-0.25, -0.2) is 8.42 Å². The predicted molar refractivity (Wildman–Crippen MR) is 73.9 cm³/mol. The summed E-state index contributed by atoms with van der Waals surface area (Å²) < 4.78 is 25.9. The molecule has 0 saturated heterocycles. The number of hydrogen-bond donors (Lipinski definition) is 2. The van der Waals surface area contributed by atoms with Gasteiger partial charge in [0.15, 0.2) is 0 Å². The van der Waals surface area contributed by atoms with Crippen molar-refractivity contribution < 1.29 is 13.6 Å². The molecule has 0 bridgehead atoms. The van der Waals surface area contributed by atoms with Crippen LogP contribution in [0.15, 0.2) is 34.3 Å². The highest BCUT2D eigenvalue weighted by Crippen LogP contribution is 2.25. The standard InChI is InChI=1S/C11H16ClN3O3S/c1-8(7-11(13)14-16)15(2)19(17,18)10-6-4-3-5-9(10)12/h3-6,8,16H,7H2,1-2H3,(H2,13,14). The molecular formula is C11H16ClN3O3S. The molecule has 0 spiro atoms. The second-order valence-electron chi connectivity index (χ2n) is 4.10. The van der Waals surface area contributed by atoms with E-state index in [2.05, 4.69) is 5.16 Å². The molecule has 1 unspecified atom stereocenters. The number of benzene rings is 1. The van der Waals surface area contributed by atoms with Crippen LogP contribution in [0.4, 0.5) is 0 Å². The van der Waals surface area contributed by atoms with Gasteiger partial charge in [-0.15, -0.1) is 0 Å². The Labute approximate surface area is 117 Å². The van der Waals surface area contributed by atoms with Gasteiger partial charge in [0.05, 0.1) is 5.02 Å². The van der Waals surface area contributed by atoms with Crippen LogP contribution in [0.2, 0.25) is 5.02 Å². The van der Waals surface area contributed by atoms with Gasteiger partial charge in [0.25, 0.3) is 0 Å². The summed E-state index contributed by atoms with van der Waals surface area (Å²) in [7, 11) is -2.29. The summed E-state index contributed by atoms with van der Waals surface area (Å²) in [5.74, 6) is -0.0336. The summed E-state index contributed by atoms with van der Waals surface area (Å²) in [6.07, 6.45) is 0.122. The monoisotopic (exact) mass is 305 g/mol. The van der Waals surface area contributed by atoms with Crippen LogP contribution in [0.1, 0.15) is 13.3 Å². The van der Waals surface area contributed by atoms with Gasteiger partial charge in [-0.2, -0.15) is 4.31 Å². The minimum atomic E-state index is -3.71. The molecule has 1 rings (SSSR count). The lowest BCUT2D eigenvalue weighted by Crippen LogP contribution is -2.37. The van der Waals surface area contributed by atoms with E-state index >= 15 is 0 Å². The van der Waals surface area contributed by atoms with Gasteiger partial charge in [-0.05, 0) is 19.1 Å². The number of halogens is 1. The van der Waals surface area contributed by atoms with Gasteiger partial charge in [0.1, 0.15) is 10.7 Å². The number of oxime groups is 1. The second-order valence-corrected chi connectivity index (χ2v) is 6.47. The smallest absolute Gasteiger partial charge is 0.244 e. The molecule has 0 fully saturated rings. The fraction of sp³-hybridized carbons (Fsp3) is 0.364. The zero-order chi connectivity index (χ0) is 14.6. The molecule has 0 radical (unpaired) electrons. The van der Waals surface area contributed by atoms with Crippen molar-refractivity contribution in [2.24, 2.45) is 10.9 Å². The minimum absolute atomic E-state index is 0.0329. The second kappa shape index (κ2) is 6.23. The van der Waals surface area contributed by atoms with Crippen molar-refractivity contribution in [3.8, 4) is 0 Å². The molecule has 6 nitrogen and oxygen atoms in total. The molecule has 1 aromatic carbocycles. The maximum absolute atomic E-state index is 12.4. The van der Waals surface area contributed by atoms with E-state index in [4.69, 9.17) is 22.5 Å². The molecule has 3 N–H and O–H groups in total. The van der Waals surface area contributed by atoms with E-state index in [1.54, 1.807) is 19.1 Å². The Morgan fingerprint density at radius 3 is 2.63 bits per heavy atom. The zero-order valence-electron chi connectivity index (χ0n) is 10.6. The molecule has 0 saturated carbocycles. The lowest BCUT2D eigenvalue weighted by molar-refractivity contribution is 0.313. The molecular weight excluding hydrogens is 290 g/mol. The van der Waals surface area contributed by atoms with Gasteiger partial charge in [-0.1, -0.05) is 28.9 Å². The normalized spacial score (nSPS) is 14.6. The first-order valence-corrected chi connectivity index (χ1v) is 7.31. The van der Waals surface area contributed by atoms with Gasteiger partial charge < -0.3 is 10.9 Å². The quantitative estimate of drug-likeness (QED) is 0.373. The fourth-order valence-electron chi connectivity index (χ4n) is 1.52. The van der Waals surface area contributed by atoms with E-state index in [1.807, 2.05) is 0 Å². The van der Waals surface area contributed by atoms with E-state index in [0.29, 0.717) is 0 Å². The molecule has 0 heterocycles. The SMILES string of the molecule is CC(C/C(N)=N/O)N(C)S(=O)(=O)c1ccccc1Cl. The molecule has 8 heteroatoms. The Balaban J connectivity index is 3.04. The highest BCUT2D eigenvalue weighted by atomic mass is 35.5. The summed E-state index contributed by atoms with van der Waals surface area (Å²) in [5, 5.41) is 11.5. The minimum Gasteiger partial charge on any atom is -0.409 e. The number of hydrogen-bond acceptors (Lipinski definition) is 4. The third-order valence-electron chi connectivity index (χ3n) is 2.75. The van der Waals surface area contributed by atoms with Gasteiger partial charge in [-0.3, -0.25) is 0 Å². The summed E-state index contributed by atoms with van der Waals surface area (Å²) >= 11 is 5.90. The predicted octanol–water partition coefficient (Wildman–Crippen LogP) is 1.49. The van der Waals surface area contributed by atoms with Crippen LogP contribution in [-0.2, 0) is 10.0 Å². The van der Waals surface area contributed by atoms with Crippen molar-refractivity contribution in [3.63, 3.8) is 0 Å². The summed E-state index contributed by atoms with van der Waals surface area (Å²) in [6.45, 7) is 1.66. The largest absolute Gasteiger partial charge is 0.409 e. The maximum Gasteiger partial charge on any atom is 0.244 e. The van der Waals surface area contributed by atoms with E-state index < -0.39 is 16.1 Å². The van der Waals surface area contributed by atoms with Crippen molar-refractivity contribution >= 4 is 27.5 Å². The third kappa shape index (κ3) is 3.59. The topological polar surface area (TPSA) is 96.0 Å². The number of nitrogens with zero attached hydrogens (tertiary/aromatic N) is 2. The molecule has 0 amide bonds. The molecule has 1 atom stereocenters. The van der Waals surface area contributed by atoms with Gasteiger partial charge in [0.2, 0.25) is 10.0 Å². The van der Waals surface area contributed by atoms with Gasteiger partial charge >= 0.3 is 0 Å². The van der Waals surface area contributed by atoms with Crippen LogP contribution in [-0.4, -0.2) is 36.9 Å². The highest BCUT2D eigenvalue weighted by molar-refractivity contribution is 7.89. The van der Waals surface area contributed by atoms with Crippen LogP contribution in [0.3, 0.4) is 0 Å². The van der Waals surface area contributed by atoms with Crippen molar-refractivity contribution in [3.05, 3.63) is 29.3 Å². The van der Waals surface area contributed by atoms with Crippen LogP contribution in [0, 0.1) is 0 Å². The molecule has 106 valence electrons. The first kappa shape index (κ1) is 15.7. The average molecular weight is 306 g/mol. The van der Waals surface area contributed by atoms with Crippen molar-refractivity contribution in [1.82, 2.24) is 4.31 Å². The Morgan fingerprint density at radius 1 is 1.53 bits per heavy atom. The van der Waals surface area contributed by atoms with E-state index in [-0.39, 0.29) is 22.2 Å². The third-order valence-corrected chi connectivity index (χ3v) is 5.22. The molecule has 19 heavy (non-hydrogen) atoms.